The Morgan fingerprint density at radius 2 is 2.03 bits per heavy atom. The molecule has 2 amide bonds. The molecule has 0 radical (unpaired) electrons. The SMILES string of the molecule is Cc1nc(NC(=O)C2(C(=O)O)CC2)oc1C(=O)NC(C)c1cnc(OCC(F)(F)F)c(Cl)c1. The smallest absolute Gasteiger partial charge is 0.422 e. The van der Waals surface area contributed by atoms with Crippen LogP contribution in [0.15, 0.2) is 16.7 Å². The van der Waals surface area contributed by atoms with Gasteiger partial charge in [0.15, 0.2) is 6.61 Å². The number of ether oxygens (including phenoxy) is 1. The highest BCUT2D eigenvalue weighted by molar-refractivity contribution is 6.31. The van der Waals surface area contributed by atoms with Gasteiger partial charge in [-0.2, -0.15) is 18.2 Å². The standard InChI is InChI=1S/C19H18ClF3N4O6/c1-8(10-5-11(20)14(24-6-10)32-7-19(21,22)23)25-13(28)12-9(2)26-17(33-12)27-15(29)18(3-4-18)16(30)31/h5-6,8H,3-4,7H2,1-2H3,(H,25,28)(H,30,31)(H,26,27,29). The first kappa shape index (κ1) is 24.3. The molecule has 0 aromatic carbocycles. The van der Waals surface area contributed by atoms with E-state index in [9.17, 15) is 27.6 Å². The number of anilines is 1. The lowest BCUT2D eigenvalue weighted by atomic mass is 10.1. The molecule has 10 nitrogen and oxygen atoms in total. The summed E-state index contributed by atoms with van der Waals surface area (Å²) in [6.45, 7) is 1.47. The second-order valence-corrected chi connectivity index (χ2v) is 7.84. The molecule has 2 aromatic rings. The van der Waals surface area contributed by atoms with E-state index in [1.165, 1.54) is 19.2 Å². The Labute approximate surface area is 189 Å². The third kappa shape index (κ3) is 5.53. The molecule has 3 rings (SSSR count). The van der Waals surface area contributed by atoms with Crippen LogP contribution in [0, 0.1) is 12.3 Å². The van der Waals surface area contributed by atoms with Gasteiger partial charge in [0.2, 0.25) is 17.5 Å². The van der Waals surface area contributed by atoms with E-state index in [2.05, 4.69) is 25.3 Å². The molecule has 14 heteroatoms. The monoisotopic (exact) mass is 490 g/mol. The van der Waals surface area contributed by atoms with Crippen LogP contribution in [0.4, 0.5) is 19.2 Å². The molecule has 2 heterocycles. The predicted molar refractivity (Wildman–Crippen MR) is 106 cm³/mol. The van der Waals surface area contributed by atoms with Crippen LogP contribution < -0.4 is 15.4 Å². The summed E-state index contributed by atoms with van der Waals surface area (Å²) in [6.07, 6.45) is -2.97. The van der Waals surface area contributed by atoms with Crippen molar-refractivity contribution < 1.29 is 41.8 Å². The van der Waals surface area contributed by atoms with Crippen LogP contribution in [-0.2, 0) is 9.59 Å². The van der Waals surface area contributed by atoms with Crippen LogP contribution in [0.1, 0.15) is 47.6 Å². The van der Waals surface area contributed by atoms with Gasteiger partial charge in [-0.15, -0.1) is 0 Å². The minimum Gasteiger partial charge on any atom is -0.480 e. The second kappa shape index (κ2) is 8.89. The molecule has 1 unspecified atom stereocenters. The van der Waals surface area contributed by atoms with E-state index in [1.54, 1.807) is 6.92 Å². The minimum absolute atomic E-state index is 0.141. The molecule has 1 aliphatic rings. The van der Waals surface area contributed by atoms with Gasteiger partial charge in [-0.25, -0.2) is 4.98 Å². The molecule has 3 N–H and O–H groups in total. The maximum atomic E-state index is 12.6. The zero-order valence-electron chi connectivity index (χ0n) is 17.2. The molecular formula is C19H18ClF3N4O6. The van der Waals surface area contributed by atoms with Gasteiger partial charge in [0, 0.05) is 6.20 Å². The number of aliphatic carboxylic acids is 1. The molecule has 178 valence electrons. The molecule has 0 bridgehead atoms. The number of pyridine rings is 1. The Morgan fingerprint density at radius 1 is 1.36 bits per heavy atom. The van der Waals surface area contributed by atoms with Crippen molar-refractivity contribution in [3.63, 3.8) is 0 Å². The number of oxazole rings is 1. The van der Waals surface area contributed by atoms with Crippen molar-refractivity contribution >= 4 is 35.4 Å². The van der Waals surface area contributed by atoms with E-state index in [4.69, 9.17) is 21.1 Å². The zero-order chi connectivity index (χ0) is 24.6. The number of carbonyl (C=O) groups excluding carboxylic acids is 2. The number of nitrogens with one attached hydrogen (secondary N) is 2. The van der Waals surface area contributed by atoms with Crippen LogP contribution in [0.3, 0.4) is 0 Å². The number of alkyl halides is 3. The Kier molecular flexibility index (Phi) is 6.54. The number of hydrogen-bond donors (Lipinski definition) is 3. The van der Waals surface area contributed by atoms with Gasteiger partial charge in [-0.05, 0) is 38.3 Å². The number of aromatic nitrogens is 2. The first-order valence-corrected chi connectivity index (χ1v) is 9.88. The van der Waals surface area contributed by atoms with Crippen LogP contribution in [0.5, 0.6) is 5.88 Å². The number of halogens is 4. The van der Waals surface area contributed by atoms with Crippen molar-refractivity contribution in [3.05, 3.63) is 34.3 Å². The van der Waals surface area contributed by atoms with E-state index in [1.807, 2.05) is 0 Å². The fraction of sp³-hybridized carbons (Fsp3) is 0.421. The highest BCUT2D eigenvalue weighted by Gasteiger charge is 2.57. The Morgan fingerprint density at radius 3 is 2.58 bits per heavy atom. The minimum atomic E-state index is -4.55. The summed E-state index contributed by atoms with van der Waals surface area (Å²) in [5.41, 5.74) is -1.00. The van der Waals surface area contributed by atoms with Gasteiger partial charge in [-0.3, -0.25) is 19.7 Å². The molecule has 0 aliphatic heterocycles. The lowest BCUT2D eigenvalue weighted by molar-refractivity contribution is -0.154. The van der Waals surface area contributed by atoms with Crippen LogP contribution in [0.25, 0.3) is 0 Å². The number of carboxylic acids is 1. The Balaban J connectivity index is 1.65. The van der Waals surface area contributed by atoms with E-state index in [0.717, 1.165) is 0 Å². The summed E-state index contributed by atoms with van der Waals surface area (Å²) in [4.78, 5) is 43.6. The quantitative estimate of drug-likeness (QED) is 0.478. The predicted octanol–water partition coefficient (Wildman–Crippen LogP) is 3.27. The average Bonchev–Trinajstić information content (AvgIpc) is 3.45. The Bertz CT molecular complexity index is 1100. The fourth-order valence-corrected chi connectivity index (χ4v) is 3.05. The van der Waals surface area contributed by atoms with Crippen molar-refractivity contribution in [3.8, 4) is 5.88 Å². The summed E-state index contributed by atoms with van der Waals surface area (Å²) in [7, 11) is 0. The second-order valence-electron chi connectivity index (χ2n) is 7.43. The number of hydrogen-bond acceptors (Lipinski definition) is 7. The first-order chi connectivity index (χ1) is 15.3. The van der Waals surface area contributed by atoms with Crippen molar-refractivity contribution in [2.75, 3.05) is 11.9 Å². The van der Waals surface area contributed by atoms with Gasteiger partial charge in [0.25, 0.3) is 5.91 Å². The summed E-state index contributed by atoms with van der Waals surface area (Å²) in [5, 5.41) is 13.8. The van der Waals surface area contributed by atoms with Gasteiger partial charge in [0.05, 0.1) is 11.7 Å². The largest absolute Gasteiger partial charge is 0.480 e. The highest BCUT2D eigenvalue weighted by atomic mass is 35.5. The van der Waals surface area contributed by atoms with Gasteiger partial charge in [-0.1, -0.05) is 11.6 Å². The summed E-state index contributed by atoms with van der Waals surface area (Å²) < 4.78 is 46.6. The molecule has 0 spiro atoms. The molecule has 1 atom stereocenters. The summed E-state index contributed by atoms with van der Waals surface area (Å²) in [6, 6.07) is 0.285. The molecule has 33 heavy (non-hydrogen) atoms. The number of amides is 2. The number of nitrogens with zero attached hydrogens (tertiary/aromatic N) is 2. The van der Waals surface area contributed by atoms with Gasteiger partial charge >= 0.3 is 18.2 Å². The van der Waals surface area contributed by atoms with Crippen molar-refractivity contribution in [1.29, 1.82) is 0 Å². The summed E-state index contributed by atoms with van der Waals surface area (Å²) in [5.74, 6) is -3.37. The maximum absolute atomic E-state index is 12.6. The van der Waals surface area contributed by atoms with Crippen LogP contribution in [-0.4, -0.2) is 45.6 Å². The topological polar surface area (TPSA) is 144 Å². The lowest BCUT2D eigenvalue weighted by Crippen LogP contribution is -2.31. The molecule has 1 aliphatic carbocycles. The van der Waals surface area contributed by atoms with E-state index >= 15 is 0 Å². The first-order valence-electron chi connectivity index (χ1n) is 9.50. The normalized spacial score (nSPS) is 15.5. The number of carboxylic acid groups (broad SMARTS) is 1. The van der Waals surface area contributed by atoms with Crippen LogP contribution >= 0.6 is 11.6 Å². The average molecular weight is 491 g/mol. The van der Waals surface area contributed by atoms with E-state index in [-0.39, 0.29) is 35.3 Å². The molecule has 0 saturated heterocycles. The zero-order valence-corrected chi connectivity index (χ0v) is 18.0. The van der Waals surface area contributed by atoms with Gasteiger partial charge < -0.3 is 19.6 Å². The van der Waals surface area contributed by atoms with Gasteiger partial charge in [0.1, 0.15) is 10.4 Å². The molecule has 1 fully saturated rings. The Hall–Kier alpha value is -3.35. The third-order valence-electron chi connectivity index (χ3n) is 4.87. The highest BCUT2D eigenvalue weighted by Crippen LogP contribution is 2.46. The van der Waals surface area contributed by atoms with Crippen molar-refractivity contribution in [1.82, 2.24) is 15.3 Å². The maximum Gasteiger partial charge on any atom is 0.422 e. The molecule has 1 saturated carbocycles. The van der Waals surface area contributed by atoms with E-state index in [0.29, 0.717) is 5.56 Å². The van der Waals surface area contributed by atoms with Crippen LogP contribution in [0.2, 0.25) is 5.02 Å². The van der Waals surface area contributed by atoms with Crippen molar-refractivity contribution in [2.24, 2.45) is 5.41 Å². The third-order valence-corrected chi connectivity index (χ3v) is 5.14. The molecular weight excluding hydrogens is 473 g/mol. The fourth-order valence-electron chi connectivity index (χ4n) is 2.82. The number of aryl methyl sites for hydroxylation is 1. The summed E-state index contributed by atoms with van der Waals surface area (Å²) >= 11 is 5.92. The van der Waals surface area contributed by atoms with E-state index < -0.39 is 47.9 Å². The number of rotatable bonds is 8. The molecule has 2 aromatic heterocycles. The lowest BCUT2D eigenvalue weighted by Gasteiger charge is -2.15. The van der Waals surface area contributed by atoms with Crippen molar-refractivity contribution in [2.45, 2.75) is 38.9 Å². The number of carbonyl (C=O) groups is 3.